The fraction of sp³-hybridized carbons (Fsp3) is 0.522. The summed E-state index contributed by atoms with van der Waals surface area (Å²) in [5, 5.41) is 17.6. The van der Waals surface area contributed by atoms with Gasteiger partial charge in [-0.05, 0) is 124 Å². The molecule has 5 heterocycles. The number of hydrogen-bond donors (Lipinski definition) is 4. The smallest absolute Gasteiger partial charge is 0.311 e. The number of rotatable bonds is 12. The number of benzene rings is 2. The lowest BCUT2D eigenvalue weighted by molar-refractivity contribution is -0.152. The number of esters is 1. The minimum Gasteiger partial charge on any atom is -0.469 e. The summed E-state index contributed by atoms with van der Waals surface area (Å²) in [5.41, 5.74) is 8.48. The van der Waals surface area contributed by atoms with Gasteiger partial charge in [-0.15, -0.1) is 0 Å². The van der Waals surface area contributed by atoms with Crippen LogP contribution in [-0.4, -0.2) is 80.7 Å². The molecule has 3 amide bonds. The van der Waals surface area contributed by atoms with Crippen LogP contribution in [0, 0.1) is 24.7 Å². The molecule has 4 N–H and O–H groups in total. The summed E-state index contributed by atoms with van der Waals surface area (Å²) in [7, 11) is 3.44. The Balaban J connectivity index is 0.846. The lowest BCUT2D eigenvalue weighted by atomic mass is 9.80. The maximum Gasteiger partial charge on any atom is 0.311 e. The van der Waals surface area contributed by atoms with Crippen LogP contribution in [0.1, 0.15) is 120 Å². The van der Waals surface area contributed by atoms with Crippen molar-refractivity contribution in [2.75, 3.05) is 37.4 Å². The fourth-order valence-corrected chi connectivity index (χ4v) is 10.9. The quantitative estimate of drug-likeness (QED) is 0.126. The first-order valence-electron chi connectivity index (χ1n) is 21.7. The summed E-state index contributed by atoms with van der Waals surface area (Å²) in [4.78, 5) is 59.1. The molecule has 2 aliphatic carbocycles. The van der Waals surface area contributed by atoms with Crippen molar-refractivity contribution >= 4 is 35.1 Å². The zero-order valence-corrected chi connectivity index (χ0v) is 35.3. The third-order valence-corrected chi connectivity index (χ3v) is 14.5. The van der Waals surface area contributed by atoms with Gasteiger partial charge in [0.1, 0.15) is 0 Å². The molecule has 4 aromatic rings. The number of carbonyl (C=O) groups excluding carboxylic acids is 4. The molecule has 14 nitrogen and oxygen atoms in total. The SMILES string of the molecule is COC(=O)C12CCC(CCN3CCc4c(nc(C(=O)Nc5cccc(-c6cccc(NC(=O)c7cc8n(n7)CCCC8NCC7CCC(=O)N7)c6C)c5C)n4C)C3)(CC1)C2. The normalized spacial score (nSPS) is 24.5. The number of nitrogens with one attached hydrogen (secondary N) is 4. The Hall–Kier alpha value is -5.34. The fourth-order valence-electron chi connectivity index (χ4n) is 10.9. The van der Waals surface area contributed by atoms with Gasteiger partial charge >= 0.3 is 5.97 Å². The standard InChI is InChI=1S/C46H57N9O5/c1-28-31(8-5-10-33(28)50-42(57)36-24-39-35(12-7-21-55(39)52-36)47-25-30-13-14-40(56)48-30)32-9-6-11-34(29(32)2)51-43(58)41-49-37-26-54(22-15-38(37)53(41)3)23-20-45-16-18-46(27-45,19-17-45)44(59)60-4/h5-6,8-11,24,30,35,47H,7,12-23,25-27H2,1-4H3,(H,48,56)(H,50,57)(H,51,58). The zero-order chi connectivity index (χ0) is 41.8. The Morgan fingerprint density at radius 3 is 2.33 bits per heavy atom. The molecule has 0 radical (unpaired) electrons. The molecule has 0 spiro atoms. The van der Waals surface area contributed by atoms with Crippen molar-refractivity contribution in [1.82, 2.24) is 34.9 Å². The second-order valence-corrected chi connectivity index (χ2v) is 18.1. The van der Waals surface area contributed by atoms with Crippen LogP contribution in [0.3, 0.4) is 0 Å². The van der Waals surface area contributed by atoms with Crippen molar-refractivity contribution in [2.45, 2.75) is 110 Å². The number of anilines is 2. The molecular formula is C46H57N9O5. The van der Waals surface area contributed by atoms with Crippen molar-refractivity contribution in [3.05, 3.63) is 82.2 Å². The molecule has 2 aromatic carbocycles. The van der Waals surface area contributed by atoms with E-state index in [1.165, 1.54) is 7.11 Å². The first-order chi connectivity index (χ1) is 28.9. The van der Waals surface area contributed by atoms with Crippen LogP contribution in [0.25, 0.3) is 11.1 Å². The van der Waals surface area contributed by atoms with Crippen molar-refractivity contribution < 1.29 is 23.9 Å². The van der Waals surface area contributed by atoms with Crippen LogP contribution >= 0.6 is 0 Å². The van der Waals surface area contributed by atoms with Gasteiger partial charge in [-0.3, -0.25) is 28.8 Å². The number of carbonyl (C=O) groups is 4. The molecule has 5 aliphatic rings. The van der Waals surface area contributed by atoms with E-state index in [9.17, 15) is 19.2 Å². The number of ether oxygens (including phenoxy) is 1. The third-order valence-electron chi connectivity index (χ3n) is 14.5. The van der Waals surface area contributed by atoms with Gasteiger partial charge in [-0.2, -0.15) is 5.10 Å². The number of aryl methyl sites for hydroxylation is 1. The van der Waals surface area contributed by atoms with Crippen molar-refractivity contribution in [1.29, 1.82) is 0 Å². The molecular weight excluding hydrogens is 759 g/mol. The van der Waals surface area contributed by atoms with Crippen LogP contribution in [-0.2, 0) is 40.9 Å². The Bertz CT molecular complexity index is 2350. The molecule has 60 heavy (non-hydrogen) atoms. The summed E-state index contributed by atoms with van der Waals surface area (Å²) < 4.78 is 9.05. The highest BCUT2D eigenvalue weighted by Gasteiger charge is 2.58. The third kappa shape index (κ3) is 7.42. The largest absolute Gasteiger partial charge is 0.469 e. The maximum absolute atomic E-state index is 13.9. The van der Waals surface area contributed by atoms with Crippen LogP contribution < -0.4 is 21.3 Å². The number of aromatic nitrogens is 4. The monoisotopic (exact) mass is 815 g/mol. The molecule has 3 fully saturated rings. The van der Waals surface area contributed by atoms with E-state index in [4.69, 9.17) is 9.72 Å². The predicted octanol–water partition coefficient (Wildman–Crippen LogP) is 5.98. The molecule has 2 bridgehead atoms. The summed E-state index contributed by atoms with van der Waals surface area (Å²) in [6.45, 7) is 8.02. The van der Waals surface area contributed by atoms with Crippen LogP contribution in [0.2, 0.25) is 0 Å². The molecule has 2 aromatic heterocycles. The first-order valence-corrected chi connectivity index (χ1v) is 21.7. The Morgan fingerprint density at radius 1 is 0.933 bits per heavy atom. The predicted molar refractivity (Wildman–Crippen MR) is 227 cm³/mol. The Morgan fingerprint density at radius 2 is 1.65 bits per heavy atom. The van der Waals surface area contributed by atoms with Crippen molar-refractivity contribution in [3.8, 4) is 11.1 Å². The lowest BCUT2D eigenvalue weighted by Crippen LogP contribution is -2.38. The van der Waals surface area contributed by atoms with E-state index in [-0.39, 0.29) is 46.6 Å². The van der Waals surface area contributed by atoms with Gasteiger partial charge in [0.2, 0.25) is 5.91 Å². The second-order valence-electron chi connectivity index (χ2n) is 18.1. The van der Waals surface area contributed by atoms with Gasteiger partial charge in [-0.1, -0.05) is 24.3 Å². The Kier molecular flexibility index (Phi) is 10.6. The van der Waals surface area contributed by atoms with E-state index in [1.807, 2.05) is 72.6 Å². The van der Waals surface area contributed by atoms with Gasteiger partial charge in [0.15, 0.2) is 11.5 Å². The van der Waals surface area contributed by atoms with E-state index in [0.29, 0.717) is 42.4 Å². The summed E-state index contributed by atoms with van der Waals surface area (Å²) in [6.07, 6.45) is 10.2. The molecule has 2 atom stereocenters. The zero-order valence-electron chi connectivity index (χ0n) is 35.3. The molecule has 2 unspecified atom stereocenters. The number of hydrogen-bond acceptors (Lipinski definition) is 9. The average molecular weight is 816 g/mol. The molecule has 316 valence electrons. The number of methoxy groups -OCH3 is 1. The second kappa shape index (κ2) is 15.9. The molecule has 1 saturated heterocycles. The maximum atomic E-state index is 13.9. The highest BCUT2D eigenvalue weighted by atomic mass is 16.5. The van der Waals surface area contributed by atoms with E-state index >= 15 is 0 Å². The van der Waals surface area contributed by atoms with E-state index in [0.717, 1.165) is 123 Å². The van der Waals surface area contributed by atoms with Crippen molar-refractivity contribution in [2.24, 2.45) is 17.9 Å². The number of amides is 3. The number of imidazole rings is 1. The van der Waals surface area contributed by atoms with Gasteiger partial charge in [0.25, 0.3) is 11.8 Å². The van der Waals surface area contributed by atoms with E-state index < -0.39 is 0 Å². The minimum absolute atomic E-state index is 0.0298. The first kappa shape index (κ1) is 40.1. The molecule has 14 heteroatoms. The average Bonchev–Trinajstić information content (AvgIpc) is 4.09. The molecule has 9 rings (SSSR count). The van der Waals surface area contributed by atoms with Gasteiger partial charge in [0, 0.05) is 75.2 Å². The summed E-state index contributed by atoms with van der Waals surface area (Å²) >= 11 is 0. The van der Waals surface area contributed by atoms with Crippen LogP contribution in [0.4, 0.5) is 11.4 Å². The molecule has 2 saturated carbocycles. The summed E-state index contributed by atoms with van der Waals surface area (Å²) in [6, 6.07) is 13.8. The van der Waals surface area contributed by atoms with Crippen molar-refractivity contribution in [3.63, 3.8) is 0 Å². The highest BCUT2D eigenvalue weighted by Crippen LogP contribution is 2.63. The van der Waals surface area contributed by atoms with Gasteiger partial charge in [0.05, 0.1) is 23.9 Å². The Labute approximate surface area is 351 Å². The summed E-state index contributed by atoms with van der Waals surface area (Å²) in [5.74, 6) is -0.0578. The van der Waals surface area contributed by atoms with Gasteiger partial charge in [-0.25, -0.2) is 4.98 Å². The van der Waals surface area contributed by atoms with Crippen LogP contribution in [0.15, 0.2) is 42.5 Å². The lowest BCUT2D eigenvalue weighted by Gasteiger charge is -2.32. The number of fused-ring (bicyclic) bond motifs is 4. The topological polar surface area (TPSA) is 165 Å². The molecule has 3 aliphatic heterocycles. The van der Waals surface area contributed by atoms with Crippen LogP contribution in [0.5, 0.6) is 0 Å². The number of nitrogens with zero attached hydrogens (tertiary/aromatic N) is 5. The minimum atomic E-state index is -0.272. The van der Waals surface area contributed by atoms with E-state index in [2.05, 4.69) is 31.3 Å². The highest BCUT2D eigenvalue weighted by molar-refractivity contribution is 6.05. The van der Waals surface area contributed by atoms with Gasteiger partial charge < -0.3 is 30.6 Å². The van der Waals surface area contributed by atoms with E-state index in [1.54, 1.807) is 0 Å².